The number of hydrogen-bond donors (Lipinski definition) is 1. The highest BCUT2D eigenvalue weighted by Crippen LogP contribution is 2.14. The summed E-state index contributed by atoms with van der Waals surface area (Å²) in [5.41, 5.74) is 0. The number of nitrogens with zero attached hydrogens (tertiary/aromatic N) is 2. The maximum Gasteiger partial charge on any atom is 0.0829 e. The largest absolute Gasteiger partial charge is 0.374 e. The van der Waals surface area contributed by atoms with Crippen molar-refractivity contribution >= 4 is 0 Å². The molecule has 4 nitrogen and oxygen atoms in total. The predicted octanol–water partition coefficient (Wildman–Crippen LogP) is 1.03. The van der Waals surface area contributed by atoms with Crippen LogP contribution in [0.25, 0.3) is 0 Å². The van der Waals surface area contributed by atoms with E-state index >= 15 is 0 Å². The average molecular weight is 269 g/mol. The van der Waals surface area contributed by atoms with E-state index in [1.165, 1.54) is 45.4 Å². The molecule has 19 heavy (non-hydrogen) atoms. The lowest BCUT2D eigenvalue weighted by Crippen LogP contribution is -2.48. The summed E-state index contributed by atoms with van der Waals surface area (Å²) in [6.45, 7) is 11.3. The SMILES string of the molecule is CCCN(CC1CCCNC1)CC1CN(C)CCO1. The minimum Gasteiger partial charge on any atom is -0.374 e. The average Bonchev–Trinajstić information content (AvgIpc) is 2.40. The van der Waals surface area contributed by atoms with Crippen LogP contribution in [0.2, 0.25) is 0 Å². The molecule has 2 heterocycles. The fourth-order valence-electron chi connectivity index (χ4n) is 3.28. The highest BCUT2D eigenvalue weighted by molar-refractivity contribution is 4.77. The summed E-state index contributed by atoms with van der Waals surface area (Å²) in [5, 5.41) is 3.53. The molecule has 112 valence electrons. The zero-order valence-electron chi connectivity index (χ0n) is 12.7. The lowest BCUT2D eigenvalue weighted by atomic mass is 9.99. The highest BCUT2D eigenvalue weighted by Gasteiger charge is 2.22. The summed E-state index contributed by atoms with van der Waals surface area (Å²) in [6, 6.07) is 0. The summed E-state index contributed by atoms with van der Waals surface area (Å²) >= 11 is 0. The van der Waals surface area contributed by atoms with E-state index in [1.54, 1.807) is 0 Å². The van der Waals surface area contributed by atoms with Crippen LogP contribution in [-0.2, 0) is 4.74 Å². The minimum atomic E-state index is 0.404. The van der Waals surface area contributed by atoms with Gasteiger partial charge in [-0.25, -0.2) is 0 Å². The van der Waals surface area contributed by atoms with E-state index in [2.05, 4.69) is 29.1 Å². The molecule has 2 fully saturated rings. The zero-order chi connectivity index (χ0) is 13.5. The molecule has 0 aromatic heterocycles. The molecule has 0 bridgehead atoms. The predicted molar refractivity (Wildman–Crippen MR) is 79.6 cm³/mol. The molecule has 0 spiro atoms. The quantitative estimate of drug-likeness (QED) is 0.779. The van der Waals surface area contributed by atoms with Crippen molar-refractivity contribution in [1.29, 1.82) is 0 Å². The van der Waals surface area contributed by atoms with Crippen molar-refractivity contribution in [2.45, 2.75) is 32.3 Å². The normalized spacial score (nSPS) is 29.8. The Balaban J connectivity index is 1.77. The van der Waals surface area contributed by atoms with Gasteiger partial charge in [0.2, 0.25) is 0 Å². The molecule has 2 aliphatic rings. The van der Waals surface area contributed by atoms with Gasteiger partial charge in [0.05, 0.1) is 12.7 Å². The van der Waals surface area contributed by atoms with Crippen molar-refractivity contribution in [2.75, 3.05) is 59.5 Å². The molecule has 2 rings (SSSR count). The minimum absolute atomic E-state index is 0.404. The first-order valence-electron chi connectivity index (χ1n) is 8.01. The zero-order valence-corrected chi connectivity index (χ0v) is 12.7. The molecule has 2 aliphatic heterocycles. The molecule has 0 amide bonds. The third-order valence-electron chi connectivity index (χ3n) is 4.26. The van der Waals surface area contributed by atoms with Crippen LogP contribution in [0.5, 0.6) is 0 Å². The van der Waals surface area contributed by atoms with E-state index in [0.29, 0.717) is 6.10 Å². The smallest absolute Gasteiger partial charge is 0.0829 e. The first-order valence-corrected chi connectivity index (χ1v) is 8.01. The van der Waals surface area contributed by atoms with Gasteiger partial charge in [0.15, 0.2) is 0 Å². The van der Waals surface area contributed by atoms with Crippen LogP contribution in [0.3, 0.4) is 0 Å². The summed E-state index contributed by atoms with van der Waals surface area (Å²) in [4.78, 5) is 5.02. The standard InChI is InChI=1S/C15H31N3O/c1-3-7-18(11-14-5-4-6-16-10-14)13-15-12-17(2)8-9-19-15/h14-16H,3-13H2,1-2H3. The van der Waals surface area contributed by atoms with Crippen molar-refractivity contribution in [3.05, 3.63) is 0 Å². The van der Waals surface area contributed by atoms with Crippen molar-refractivity contribution in [1.82, 2.24) is 15.1 Å². The van der Waals surface area contributed by atoms with Gasteiger partial charge in [-0.3, -0.25) is 0 Å². The van der Waals surface area contributed by atoms with Crippen LogP contribution < -0.4 is 5.32 Å². The third-order valence-corrected chi connectivity index (χ3v) is 4.26. The second kappa shape index (κ2) is 8.20. The van der Waals surface area contributed by atoms with E-state index < -0.39 is 0 Å². The van der Waals surface area contributed by atoms with Crippen LogP contribution in [0.15, 0.2) is 0 Å². The molecule has 2 unspecified atom stereocenters. The maximum absolute atomic E-state index is 5.92. The number of likely N-dealkylation sites (N-methyl/N-ethyl adjacent to an activating group) is 1. The second-order valence-corrected chi connectivity index (χ2v) is 6.23. The summed E-state index contributed by atoms with van der Waals surface area (Å²) in [7, 11) is 2.20. The van der Waals surface area contributed by atoms with Gasteiger partial charge < -0.3 is 19.9 Å². The van der Waals surface area contributed by atoms with Crippen molar-refractivity contribution in [2.24, 2.45) is 5.92 Å². The van der Waals surface area contributed by atoms with Crippen LogP contribution in [0.4, 0.5) is 0 Å². The summed E-state index contributed by atoms with van der Waals surface area (Å²) in [5.74, 6) is 0.835. The Hall–Kier alpha value is -0.160. The molecular formula is C15H31N3O. The molecule has 0 aromatic carbocycles. The number of nitrogens with one attached hydrogen (secondary N) is 1. The van der Waals surface area contributed by atoms with Gasteiger partial charge in [-0.1, -0.05) is 6.92 Å². The van der Waals surface area contributed by atoms with E-state index in [4.69, 9.17) is 4.74 Å². The number of rotatable bonds is 6. The van der Waals surface area contributed by atoms with Gasteiger partial charge >= 0.3 is 0 Å². The fraction of sp³-hybridized carbons (Fsp3) is 1.00. The van der Waals surface area contributed by atoms with Gasteiger partial charge in [-0.2, -0.15) is 0 Å². The monoisotopic (exact) mass is 269 g/mol. The number of ether oxygens (including phenoxy) is 1. The van der Waals surface area contributed by atoms with Crippen LogP contribution >= 0.6 is 0 Å². The van der Waals surface area contributed by atoms with Gasteiger partial charge in [-0.05, 0) is 51.9 Å². The molecule has 0 aliphatic carbocycles. The van der Waals surface area contributed by atoms with E-state index in [-0.39, 0.29) is 0 Å². The van der Waals surface area contributed by atoms with E-state index in [1.807, 2.05) is 0 Å². The van der Waals surface area contributed by atoms with Crippen LogP contribution in [0, 0.1) is 5.92 Å². The Bertz CT molecular complexity index is 244. The maximum atomic E-state index is 5.92. The Morgan fingerprint density at radius 3 is 2.95 bits per heavy atom. The van der Waals surface area contributed by atoms with E-state index in [0.717, 1.165) is 32.2 Å². The fourth-order valence-corrected chi connectivity index (χ4v) is 3.28. The first kappa shape index (κ1) is 15.2. The Kier molecular flexibility index (Phi) is 6.57. The molecule has 1 N–H and O–H groups in total. The first-order chi connectivity index (χ1) is 9.28. The molecule has 0 aromatic rings. The molecule has 0 radical (unpaired) electrons. The van der Waals surface area contributed by atoms with Crippen molar-refractivity contribution in [3.63, 3.8) is 0 Å². The number of piperidine rings is 1. The Morgan fingerprint density at radius 2 is 2.26 bits per heavy atom. The lowest BCUT2D eigenvalue weighted by Gasteiger charge is -2.36. The van der Waals surface area contributed by atoms with Crippen molar-refractivity contribution < 1.29 is 4.74 Å². The molecule has 2 atom stereocenters. The van der Waals surface area contributed by atoms with Crippen molar-refractivity contribution in [3.8, 4) is 0 Å². The molecular weight excluding hydrogens is 238 g/mol. The van der Waals surface area contributed by atoms with Crippen LogP contribution in [-0.4, -0.2) is 75.4 Å². The second-order valence-electron chi connectivity index (χ2n) is 6.23. The van der Waals surface area contributed by atoms with Gasteiger partial charge in [-0.15, -0.1) is 0 Å². The topological polar surface area (TPSA) is 27.7 Å². The molecule has 0 saturated carbocycles. The van der Waals surface area contributed by atoms with Gasteiger partial charge in [0.1, 0.15) is 0 Å². The van der Waals surface area contributed by atoms with Crippen LogP contribution in [0.1, 0.15) is 26.2 Å². The van der Waals surface area contributed by atoms with E-state index in [9.17, 15) is 0 Å². The van der Waals surface area contributed by atoms with Gasteiger partial charge in [0.25, 0.3) is 0 Å². The van der Waals surface area contributed by atoms with Gasteiger partial charge in [0, 0.05) is 26.2 Å². The molecule has 2 saturated heterocycles. The summed E-state index contributed by atoms with van der Waals surface area (Å²) in [6.07, 6.45) is 4.37. The highest BCUT2D eigenvalue weighted by atomic mass is 16.5. The Labute approximate surface area is 118 Å². The summed E-state index contributed by atoms with van der Waals surface area (Å²) < 4.78 is 5.92. The number of morpholine rings is 1. The molecule has 4 heteroatoms. The lowest BCUT2D eigenvalue weighted by molar-refractivity contribution is -0.0376. The third kappa shape index (κ3) is 5.38. The number of hydrogen-bond acceptors (Lipinski definition) is 4. The Morgan fingerprint density at radius 1 is 1.37 bits per heavy atom.